The Morgan fingerprint density at radius 2 is 0.860 bits per heavy atom. The first-order valence-electron chi connectivity index (χ1n) is 17.3. The molecule has 0 N–H and O–H groups in total. The first-order valence-corrected chi connectivity index (χ1v) is 18.1. The van der Waals surface area contributed by atoms with E-state index in [1.165, 1.54) is 86.9 Å². The topological polar surface area (TPSA) is 0 Å². The SMILES string of the molecule is c1ccc(-c2cc(-c3ccc(C4(c5ccccc5)c5ccccc5-c5ccccc54)cc3)c3sc4ccccc4c3c2-c2ccccc2)cc1. The van der Waals surface area contributed by atoms with Crippen LogP contribution in [0.15, 0.2) is 194 Å². The highest BCUT2D eigenvalue weighted by Crippen LogP contribution is 2.56. The molecule has 50 heavy (non-hydrogen) atoms. The molecule has 0 radical (unpaired) electrons. The zero-order chi connectivity index (χ0) is 33.1. The lowest BCUT2D eigenvalue weighted by Crippen LogP contribution is -2.28. The molecule has 0 atom stereocenters. The molecule has 8 aromatic carbocycles. The van der Waals surface area contributed by atoms with Gasteiger partial charge in [0.05, 0.1) is 5.41 Å². The minimum atomic E-state index is -0.410. The van der Waals surface area contributed by atoms with Gasteiger partial charge in [-0.15, -0.1) is 11.3 Å². The normalized spacial score (nSPS) is 13.0. The van der Waals surface area contributed by atoms with E-state index in [4.69, 9.17) is 0 Å². The van der Waals surface area contributed by atoms with E-state index >= 15 is 0 Å². The van der Waals surface area contributed by atoms with Gasteiger partial charge in [-0.25, -0.2) is 0 Å². The summed E-state index contributed by atoms with van der Waals surface area (Å²) < 4.78 is 2.64. The quantitative estimate of drug-likeness (QED) is 0.174. The minimum absolute atomic E-state index is 0.410. The number of hydrogen-bond donors (Lipinski definition) is 0. The maximum absolute atomic E-state index is 2.44. The highest BCUT2D eigenvalue weighted by Gasteiger charge is 2.45. The summed E-state index contributed by atoms with van der Waals surface area (Å²) in [4.78, 5) is 0. The summed E-state index contributed by atoms with van der Waals surface area (Å²) in [7, 11) is 0. The van der Waals surface area contributed by atoms with Crippen LogP contribution in [0.1, 0.15) is 22.3 Å². The molecule has 0 spiro atoms. The van der Waals surface area contributed by atoms with Crippen LogP contribution in [0.3, 0.4) is 0 Å². The van der Waals surface area contributed by atoms with Crippen LogP contribution < -0.4 is 0 Å². The molecule has 0 aliphatic heterocycles. The molecule has 1 aromatic heterocycles. The van der Waals surface area contributed by atoms with Gasteiger partial charge in [0.25, 0.3) is 0 Å². The summed E-state index contributed by atoms with van der Waals surface area (Å²) >= 11 is 1.90. The van der Waals surface area contributed by atoms with Crippen LogP contribution >= 0.6 is 11.3 Å². The highest BCUT2D eigenvalue weighted by molar-refractivity contribution is 7.26. The Kier molecular flexibility index (Phi) is 6.69. The number of hydrogen-bond acceptors (Lipinski definition) is 1. The van der Waals surface area contributed by atoms with Gasteiger partial charge < -0.3 is 0 Å². The first kappa shape index (κ1) is 28.9. The molecule has 0 saturated heterocycles. The summed E-state index contributed by atoms with van der Waals surface area (Å²) in [5.74, 6) is 0. The molecular formula is C49H32S. The van der Waals surface area contributed by atoms with E-state index in [9.17, 15) is 0 Å². The lowest BCUT2D eigenvalue weighted by Gasteiger charge is -2.34. The van der Waals surface area contributed by atoms with Crippen molar-refractivity contribution in [2.45, 2.75) is 5.41 Å². The largest absolute Gasteiger partial charge is 0.135 e. The summed E-state index contributed by atoms with van der Waals surface area (Å²) in [5, 5.41) is 2.64. The van der Waals surface area contributed by atoms with Gasteiger partial charge in [0, 0.05) is 25.7 Å². The van der Waals surface area contributed by atoms with Crippen molar-refractivity contribution in [2.75, 3.05) is 0 Å². The third kappa shape index (κ3) is 4.24. The van der Waals surface area contributed by atoms with E-state index in [1.54, 1.807) is 0 Å². The second-order valence-corrected chi connectivity index (χ2v) is 14.2. The van der Waals surface area contributed by atoms with Crippen molar-refractivity contribution in [1.29, 1.82) is 0 Å². The Bertz CT molecular complexity index is 2620. The Balaban J connectivity index is 1.25. The van der Waals surface area contributed by atoms with Crippen molar-refractivity contribution in [1.82, 2.24) is 0 Å². The molecule has 1 aliphatic carbocycles. The molecule has 234 valence electrons. The molecule has 0 amide bonds. The maximum atomic E-state index is 2.44. The van der Waals surface area contributed by atoms with Crippen LogP contribution in [-0.4, -0.2) is 0 Å². The van der Waals surface area contributed by atoms with Crippen molar-refractivity contribution < 1.29 is 0 Å². The lowest BCUT2D eigenvalue weighted by atomic mass is 9.67. The molecule has 9 aromatic rings. The lowest BCUT2D eigenvalue weighted by molar-refractivity contribution is 0.768. The van der Waals surface area contributed by atoms with Gasteiger partial charge in [0.15, 0.2) is 0 Å². The number of fused-ring (bicyclic) bond motifs is 6. The van der Waals surface area contributed by atoms with Crippen LogP contribution in [0.5, 0.6) is 0 Å². The van der Waals surface area contributed by atoms with Crippen molar-refractivity contribution in [2.24, 2.45) is 0 Å². The molecule has 0 bridgehead atoms. The fraction of sp³-hybridized carbons (Fsp3) is 0.0204. The van der Waals surface area contributed by atoms with E-state index in [-0.39, 0.29) is 0 Å². The monoisotopic (exact) mass is 652 g/mol. The zero-order valence-electron chi connectivity index (χ0n) is 27.4. The Morgan fingerprint density at radius 1 is 0.360 bits per heavy atom. The number of thiophene rings is 1. The molecule has 1 aliphatic rings. The van der Waals surface area contributed by atoms with E-state index in [2.05, 4.69) is 194 Å². The fourth-order valence-corrected chi connectivity index (χ4v) is 9.72. The Hall–Kier alpha value is -6.02. The molecule has 10 rings (SSSR count). The van der Waals surface area contributed by atoms with Gasteiger partial charge in [0.2, 0.25) is 0 Å². The Labute approximate surface area is 296 Å². The van der Waals surface area contributed by atoms with Crippen molar-refractivity contribution in [3.05, 3.63) is 216 Å². The van der Waals surface area contributed by atoms with E-state index in [1.807, 2.05) is 11.3 Å². The second kappa shape index (κ2) is 11.6. The van der Waals surface area contributed by atoms with Crippen molar-refractivity contribution >= 4 is 31.5 Å². The highest BCUT2D eigenvalue weighted by atomic mass is 32.1. The average Bonchev–Trinajstić information content (AvgIpc) is 3.73. The van der Waals surface area contributed by atoms with Crippen LogP contribution in [0.2, 0.25) is 0 Å². The standard InChI is InChI=1S/C49H32S/c1-4-16-33(17-5-1)41-32-42(48-47(40-24-12-15-27-45(40)50-48)46(41)35-18-6-2-7-19-35)34-28-30-37(31-29-34)49(36-20-8-3-9-21-36)43-25-13-10-22-38(43)39-23-11-14-26-44(39)49/h1-32H. The second-order valence-electron chi connectivity index (χ2n) is 13.2. The molecule has 1 heteroatoms. The number of rotatable bonds is 5. The van der Waals surface area contributed by atoms with Gasteiger partial charge in [-0.2, -0.15) is 0 Å². The third-order valence-corrected chi connectivity index (χ3v) is 11.8. The van der Waals surface area contributed by atoms with E-state index < -0.39 is 5.41 Å². The number of benzene rings is 8. The third-order valence-electron chi connectivity index (χ3n) is 10.6. The van der Waals surface area contributed by atoms with E-state index in [0.717, 1.165) is 0 Å². The predicted molar refractivity (Wildman–Crippen MR) is 213 cm³/mol. The van der Waals surface area contributed by atoms with Crippen LogP contribution in [0.25, 0.3) is 64.7 Å². The van der Waals surface area contributed by atoms with Crippen molar-refractivity contribution in [3.8, 4) is 44.5 Å². The van der Waals surface area contributed by atoms with E-state index in [0.29, 0.717) is 0 Å². The van der Waals surface area contributed by atoms with Crippen LogP contribution in [-0.2, 0) is 5.41 Å². The smallest absolute Gasteiger partial charge is 0.0713 e. The first-order chi connectivity index (χ1) is 24.8. The minimum Gasteiger partial charge on any atom is -0.135 e. The van der Waals surface area contributed by atoms with Gasteiger partial charge in [-0.05, 0) is 73.3 Å². The molecule has 0 unspecified atom stereocenters. The average molecular weight is 653 g/mol. The molecule has 0 fully saturated rings. The Morgan fingerprint density at radius 3 is 1.52 bits per heavy atom. The van der Waals surface area contributed by atoms with Crippen LogP contribution in [0, 0.1) is 0 Å². The molecule has 0 nitrogen and oxygen atoms in total. The van der Waals surface area contributed by atoms with Crippen LogP contribution in [0.4, 0.5) is 0 Å². The maximum Gasteiger partial charge on any atom is 0.0713 e. The van der Waals surface area contributed by atoms with Gasteiger partial charge in [-0.3, -0.25) is 0 Å². The molecule has 1 heterocycles. The molecule has 0 saturated carbocycles. The van der Waals surface area contributed by atoms with Gasteiger partial charge >= 0.3 is 0 Å². The summed E-state index contributed by atoms with van der Waals surface area (Å²) in [6.45, 7) is 0. The fourth-order valence-electron chi connectivity index (χ4n) is 8.48. The molecular weight excluding hydrogens is 621 g/mol. The van der Waals surface area contributed by atoms with Crippen molar-refractivity contribution in [3.63, 3.8) is 0 Å². The summed E-state index contributed by atoms with van der Waals surface area (Å²) in [6.07, 6.45) is 0. The summed E-state index contributed by atoms with van der Waals surface area (Å²) in [5.41, 5.74) is 15.0. The summed E-state index contributed by atoms with van der Waals surface area (Å²) in [6, 6.07) is 71.6. The van der Waals surface area contributed by atoms with Gasteiger partial charge in [-0.1, -0.05) is 182 Å². The predicted octanol–water partition coefficient (Wildman–Crippen LogP) is 13.4. The zero-order valence-corrected chi connectivity index (χ0v) is 28.2. The van der Waals surface area contributed by atoms with Gasteiger partial charge in [0.1, 0.15) is 0 Å².